The van der Waals surface area contributed by atoms with Crippen LogP contribution in [0.4, 0.5) is 11.4 Å². The lowest BCUT2D eigenvalue weighted by Gasteiger charge is -2.21. The van der Waals surface area contributed by atoms with Crippen molar-refractivity contribution in [2.75, 3.05) is 23.8 Å². The third-order valence-corrected chi connectivity index (χ3v) is 3.68. The molecule has 3 rings (SSSR count). The molecule has 1 amide bonds. The van der Waals surface area contributed by atoms with Gasteiger partial charge in [0.25, 0.3) is 5.91 Å². The van der Waals surface area contributed by atoms with Crippen LogP contribution in [-0.4, -0.2) is 19.1 Å². The molecule has 0 spiro atoms. The summed E-state index contributed by atoms with van der Waals surface area (Å²) >= 11 is 2.22. The minimum atomic E-state index is -0.160. The summed E-state index contributed by atoms with van der Waals surface area (Å²) in [6.45, 7) is 1.33. The molecule has 1 aliphatic rings. The molecule has 5 heteroatoms. The molecule has 102 valence electrons. The van der Waals surface area contributed by atoms with Crippen LogP contribution in [0.5, 0.6) is 5.75 Å². The molecule has 0 atom stereocenters. The van der Waals surface area contributed by atoms with Gasteiger partial charge in [0.15, 0.2) is 5.75 Å². The first-order valence-electron chi connectivity index (χ1n) is 6.30. The number of carbonyl (C=O) groups excluding carboxylic acids is 1. The molecule has 0 bridgehead atoms. The molecule has 1 aliphatic heterocycles. The standard InChI is InChI=1S/C15H13IN2O2/c16-10-3-1-4-11(9-10)18-15(19)12-5-2-6-13-14(12)20-8-7-17-13/h1-6,9,17H,7-8H2,(H,18,19). The summed E-state index contributed by atoms with van der Waals surface area (Å²) in [6.07, 6.45) is 0. The molecule has 4 nitrogen and oxygen atoms in total. The zero-order chi connectivity index (χ0) is 13.9. The third-order valence-electron chi connectivity index (χ3n) is 3.01. The molecule has 0 unspecified atom stereocenters. The average Bonchev–Trinajstić information content (AvgIpc) is 2.46. The van der Waals surface area contributed by atoms with Crippen molar-refractivity contribution in [1.29, 1.82) is 0 Å². The second-order valence-corrected chi connectivity index (χ2v) is 5.67. The summed E-state index contributed by atoms with van der Waals surface area (Å²) in [6, 6.07) is 13.2. The van der Waals surface area contributed by atoms with E-state index in [1.54, 1.807) is 6.07 Å². The minimum absolute atomic E-state index is 0.160. The maximum Gasteiger partial charge on any atom is 0.259 e. The van der Waals surface area contributed by atoms with Crippen LogP contribution in [0.15, 0.2) is 42.5 Å². The number of hydrogen-bond acceptors (Lipinski definition) is 3. The number of para-hydroxylation sites is 1. The van der Waals surface area contributed by atoms with Crippen molar-refractivity contribution in [2.45, 2.75) is 0 Å². The van der Waals surface area contributed by atoms with Crippen molar-refractivity contribution in [3.05, 3.63) is 51.6 Å². The minimum Gasteiger partial charge on any atom is -0.489 e. The second kappa shape index (κ2) is 5.70. The fourth-order valence-corrected chi connectivity index (χ4v) is 2.66. The van der Waals surface area contributed by atoms with E-state index >= 15 is 0 Å². The van der Waals surface area contributed by atoms with E-state index < -0.39 is 0 Å². The predicted molar refractivity (Wildman–Crippen MR) is 87.5 cm³/mol. The molecular weight excluding hydrogens is 367 g/mol. The first kappa shape index (κ1) is 13.2. The summed E-state index contributed by atoms with van der Waals surface area (Å²) in [4.78, 5) is 12.4. The fourth-order valence-electron chi connectivity index (χ4n) is 2.11. The van der Waals surface area contributed by atoms with Crippen LogP contribution in [0.3, 0.4) is 0 Å². The highest BCUT2D eigenvalue weighted by atomic mass is 127. The van der Waals surface area contributed by atoms with E-state index in [-0.39, 0.29) is 5.91 Å². The van der Waals surface area contributed by atoms with Crippen molar-refractivity contribution in [3.8, 4) is 5.75 Å². The zero-order valence-corrected chi connectivity index (χ0v) is 12.8. The smallest absolute Gasteiger partial charge is 0.259 e. The van der Waals surface area contributed by atoms with Gasteiger partial charge in [-0.2, -0.15) is 0 Å². The van der Waals surface area contributed by atoms with Crippen LogP contribution in [0.25, 0.3) is 0 Å². The van der Waals surface area contributed by atoms with Gasteiger partial charge in [-0.1, -0.05) is 12.1 Å². The number of carbonyl (C=O) groups is 1. The second-order valence-electron chi connectivity index (χ2n) is 4.42. The van der Waals surface area contributed by atoms with Crippen LogP contribution in [0, 0.1) is 3.57 Å². The topological polar surface area (TPSA) is 50.4 Å². The lowest BCUT2D eigenvalue weighted by molar-refractivity contribution is 0.102. The molecule has 2 aromatic carbocycles. The van der Waals surface area contributed by atoms with Gasteiger partial charge in [0.2, 0.25) is 0 Å². The SMILES string of the molecule is O=C(Nc1cccc(I)c1)c1cccc2c1OCCN2. The Balaban J connectivity index is 1.88. The molecule has 0 saturated heterocycles. The van der Waals surface area contributed by atoms with E-state index in [1.807, 2.05) is 36.4 Å². The predicted octanol–water partition coefficient (Wildman–Crippen LogP) is 3.35. The number of anilines is 2. The molecule has 0 fully saturated rings. The molecule has 20 heavy (non-hydrogen) atoms. The Bertz CT molecular complexity index is 658. The van der Waals surface area contributed by atoms with Crippen LogP contribution < -0.4 is 15.4 Å². The average molecular weight is 380 g/mol. The number of amides is 1. The van der Waals surface area contributed by atoms with Crippen molar-refractivity contribution >= 4 is 39.9 Å². The van der Waals surface area contributed by atoms with E-state index in [0.717, 1.165) is 21.5 Å². The zero-order valence-electron chi connectivity index (χ0n) is 10.7. The van der Waals surface area contributed by atoms with Gasteiger partial charge in [-0.25, -0.2) is 0 Å². The first-order valence-corrected chi connectivity index (χ1v) is 7.38. The summed E-state index contributed by atoms with van der Waals surface area (Å²) < 4.78 is 6.69. The number of ether oxygens (including phenoxy) is 1. The van der Waals surface area contributed by atoms with Crippen LogP contribution >= 0.6 is 22.6 Å². The van der Waals surface area contributed by atoms with Crippen LogP contribution in [0.2, 0.25) is 0 Å². The van der Waals surface area contributed by atoms with Gasteiger partial charge in [0.1, 0.15) is 6.61 Å². The van der Waals surface area contributed by atoms with E-state index in [4.69, 9.17) is 4.74 Å². The van der Waals surface area contributed by atoms with Gasteiger partial charge >= 0.3 is 0 Å². The fraction of sp³-hybridized carbons (Fsp3) is 0.133. The Morgan fingerprint density at radius 3 is 2.95 bits per heavy atom. The van der Waals surface area contributed by atoms with Crippen molar-refractivity contribution in [1.82, 2.24) is 0 Å². The highest BCUT2D eigenvalue weighted by molar-refractivity contribution is 14.1. The number of rotatable bonds is 2. The monoisotopic (exact) mass is 380 g/mol. The summed E-state index contributed by atoms with van der Waals surface area (Å²) in [5.41, 5.74) is 2.20. The van der Waals surface area contributed by atoms with Crippen LogP contribution in [0.1, 0.15) is 10.4 Å². The number of nitrogens with one attached hydrogen (secondary N) is 2. The summed E-state index contributed by atoms with van der Waals surface area (Å²) in [7, 11) is 0. The number of fused-ring (bicyclic) bond motifs is 1. The summed E-state index contributed by atoms with van der Waals surface area (Å²) in [5.74, 6) is 0.467. The molecule has 0 saturated carbocycles. The number of benzene rings is 2. The van der Waals surface area contributed by atoms with Gasteiger partial charge in [-0.05, 0) is 52.9 Å². The quantitative estimate of drug-likeness (QED) is 0.786. The van der Waals surface area contributed by atoms with Crippen molar-refractivity contribution in [3.63, 3.8) is 0 Å². The first-order chi connectivity index (χ1) is 9.74. The van der Waals surface area contributed by atoms with Gasteiger partial charge in [0, 0.05) is 15.8 Å². The van der Waals surface area contributed by atoms with Crippen molar-refractivity contribution < 1.29 is 9.53 Å². The Kier molecular flexibility index (Phi) is 3.77. The highest BCUT2D eigenvalue weighted by Crippen LogP contribution is 2.31. The van der Waals surface area contributed by atoms with Gasteiger partial charge in [-0.15, -0.1) is 0 Å². The normalized spacial score (nSPS) is 12.8. The maximum absolute atomic E-state index is 12.4. The van der Waals surface area contributed by atoms with Gasteiger partial charge in [-0.3, -0.25) is 4.79 Å². The van der Waals surface area contributed by atoms with E-state index in [2.05, 4.69) is 33.2 Å². The van der Waals surface area contributed by atoms with E-state index in [1.165, 1.54) is 0 Å². The largest absolute Gasteiger partial charge is 0.489 e. The molecular formula is C15H13IN2O2. The lowest BCUT2D eigenvalue weighted by Crippen LogP contribution is -2.21. The maximum atomic E-state index is 12.4. The van der Waals surface area contributed by atoms with Gasteiger partial charge in [0.05, 0.1) is 11.3 Å². The molecule has 0 aromatic heterocycles. The molecule has 2 aromatic rings. The molecule has 0 radical (unpaired) electrons. The third kappa shape index (κ3) is 2.72. The van der Waals surface area contributed by atoms with E-state index in [0.29, 0.717) is 17.9 Å². The molecule has 1 heterocycles. The number of hydrogen-bond donors (Lipinski definition) is 2. The Morgan fingerprint density at radius 1 is 1.25 bits per heavy atom. The molecule has 0 aliphatic carbocycles. The Hall–Kier alpha value is -1.76. The Labute approximate surface area is 130 Å². The van der Waals surface area contributed by atoms with Crippen LogP contribution in [-0.2, 0) is 0 Å². The Morgan fingerprint density at radius 2 is 2.10 bits per heavy atom. The highest BCUT2D eigenvalue weighted by Gasteiger charge is 2.18. The number of halogens is 1. The van der Waals surface area contributed by atoms with Gasteiger partial charge < -0.3 is 15.4 Å². The van der Waals surface area contributed by atoms with E-state index in [9.17, 15) is 4.79 Å². The van der Waals surface area contributed by atoms with Crippen molar-refractivity contribution in [2.24, 2.45) is 0 Å². The molecule has 2 N–H and O–H groups in total. The lowest BCUT2D eigenvalue weighted by atomic mass is 10.1. The summed E-state index contributed by atoms with van der Waals surface area (Å²) in [5, 5.41) is 6.12.